The molecule has 1 N–H and O–H groups in total. The monoisotopic (exact) mass is 233 g/mol. The van der Waals surface area contributed by atoms with Crippen LogP contribution in [0.3, 0.4) is 0 Å². The molecule has 0 aliphatic heterocycles. The summed E-state index contributed by atoms with van der Waals surface area (Å²) in [7, 11) is 1.95. The Labute approximate surface area is 99.6 Å². The van der Waals surface area contributed by atoms with E-state index in [0.717, 1.165) is 16.3 Å². The summed E-state index contributed by atoms with van der Waals surface area (Å²) in [5.41, 5.74) is 1.99. The number of thiazole rings is 1. The van der Waals surface area contributed by atoms with Crippen molar-refractivity contribution in [3.05, 3.63) is 34.9 Å². The van der Waals surface area contributed by atoms with Gasteiger partial charge in [-0.05, 0) is 33.0 Å². The summed E-state index contributed by atoms with van der Waals surface area (Å²) in [6.07, 6.45) is 3.61. The second-order valence-corrected chi connectivity index (χ2v) is 5.01. The molecule has 0 aromatic carbocycles. The van der Waals surface area contributed by atoms with Crippen molar-refractivity contribution in [2.45, 2.75) is 19.4 Å². The van der Waals surface area contributed by atoms with Crippen molar-refractivity contribution in [1.82, 2.24) is 15.3 Å². The standard InChI is InChI=1S/C12H15N3S/c1-12(2,13-3)11-15-10(8-16-11)9-5-4-6-14-7-9/h4-8,13H,1-3H3. The third kappa shape index (κ3) is 2.13. The Bertz CT molecular complexity index is 462. The van der Waals surface area contributed by atoms with Gasteiger partial charge in [-0.25, -0.2) is 4.98 Å². The third-order valence-corrected chi connectivity index (χ3v) is 3.79. The molecule has 84 valence electrons. The zero-order valence-electron chi connectivity index (χ0n) is 9.69. The maximum Gasteiger partial charge on any atom is 0.113 e. The summed E-state index contributed by atoms with van der Waals surface area (Å²) in [5, 5.41) is 6.42. The van der Waals surface area contributed by atoms with Crippen LogP contribution in [0.25, 0.3) is 11.3 Å². The van der Waals surface area contributed by atoms with Crippen LogP contribution in [0, 0.1) is 0 Å². The predicted octanol–water partition coefficient (Wildman–Crippen LogP) is 2.66. The molecule has 0 atom stereocenters. The van der Waals surface area contributed by atoms with E-state index in [-0.39, 0.29) is 5.54 Å². The van der Waals surface area contributed by atoms with E-state index in [1.165, 1.54) is 0 Å². The summed E-state index contributed by atoms with van der Waals surface area (Å²) in [5.74, 6) is 0. The van der Waals surface area contributed by atoms with E-state index in [2.05, 4.69) is 34.5 Å². The number of rotatable bonds is 3. The number of nitrogens with one attached hydrogen (secondary N) is 1. The van der Waals surface area contributed by atoms with Crippen LogP contribution in [-0.2, 0) is 5.54 Å². The second-order valence-electron chi connectivity index (χ2n) is 4.15. The molecular weight excluding hydrogens is 218 g/mol. The molecule has 0 unspecified atom stereocenters. The van der Waals surface area contributed by atoms with Gasteiger partial charge in [-0.3, -0.25) is 4.98 Å². The Hall–Kier alpha value is -1.26. The van der Waals surface area contributed by atoms with Crippen molar-refractivity contribution in [2.24, 2.45) is 0 Å². The zero-order chi connectivity index (χ0) is 11.6. The first kappa shape index (κ1) is 11.2. The quantitative estimate of drug-likeness (QED) is 0.885. The van der Waals surface area contributed by atoms with Gasteiger partial charge in [0, 0.05) is 23.3 Å². The molecule has 2 rings (SSSR count). The van der Waals surface area contributed by atoms with Gasteiger partial charge in [-0.2, -0.15) is 0 Å². The van der Waals surface area contributed by atoms with Gasteiger partial charge in [0.2, 0.25) is 0 Å². The molecule has 3 nitrogen and oxygen atoms in total. The minimum Gasteiger partial charge on any atom is -0.309 e. The molecule has 0 saturated heterocycles. The SMILES string of the molecule is CNC(C)(C)c1nc(-c2cccnc2)cs1. The average Bonchev–Trinajstić information content (AvgIpc) is 2.80. The molecule has 2 aromatic heterocycles. The van der Waals surface area contributed by atoms with Gasteiger partial charge in [0.25, 0.3) is 0 Å². The van der Waals surface area contributed by atoms with Gasteiger partial charge < -0.3 is 5.32 Å². The molecule has 2 aromatic rings. The summed E-state index contributed by atoms with van der Waals surface area (Å²) < 4.78 is 0. The zero-order valence-corrected chi connectivity index (χ0v) is 10.5. The number of nitrogens with zero attached hydrogens (tertiary/aromatic N) is 2. The van der Waals surface area contributed by atoms with Gasteiger partial charge in [-0.1, -0.05) is 0 Å². The van der Waals surface area contributed by atoms with Crippen molar-refractivity contribution in [2.75, 3.05) is 7.05 Å². The average molecular weight is 233 g/mol. The van der Waals surface area contributed by atoms with E-state index in [0.29, 0.717) is 0 Å². The van der Waals surface area contributed by atoms with Crippen molar-refractivity contribution >= 4 is 11.3 Å². The lowest BCUT2D eigenvalue weighted by atomic mass is 10.1. The largest absolute Gasteiger partial charge is 0.309 e. The van der Waals surface area contributed by atoms with Crippen LogP contribution in [0.15, 0.2) is 29.9 Å². The molecule has 0 spiro atoms. The molecule has 0 fully saturated rings. The van der Waals surface area contributed by atoms with Gasteiger partial charge >= 0.3 is 0 Å². The lowest BCUT2D eigenvalue weighted by Crippen LogP contribution is -2.32. The van der Waals surface area contributed by atoms with Gasteiger partial charge in [0.15, 0.2) is 0 Å². The fraction of sp³-hybridized carbons (Fsp3) is 0.333. The predicted molar refractivity (Wildman–Crippen MR) is 67.4 cm³/mol. The highest BCUT2D eigenvalue weighted by Gasteiger charge is 2.21. The summed E-state index contributed by atoms with van der Waals surface area (Å²) >= 11 is 1.67. The van der Waals surface area contributed by atoms with E-state index in [4.69, 9.17) is 0 Å². The minimum atomic E-state index is -0.0782. The lowest BCUT2D eigenvalue weighted by molar-refractivity contribution is 0.442. The first-order valence-electron chi connectivity index (χ1n) is 5.19. The van der Waals surface area contributed by atoms with Crippen LogP contribution in [0.5, 0.6) is 0 Å². The van der Waals surface area contributed by atoms with E-state index < -0.39 is 0 Å². The molecule has 16 heavy (non-hydrogen) atoms. The first-order valence-corrected chi connectivity index (χ1v) is 6.07. The lowest BCUT2D eigenvalue weighted by Gasteiger charge is -2.20. The Morgan fingerprint density at radius 3 is 2.81 bits per heavy atom. The first-order chi connectivity index (χ1) is 7.63. The van der Waals surface area contributed by atoms with E-state index in [1.54, 1.807) is 17.5 Å². The van der Waals surface area contributed by atoms with Crippen LogP contribution in [0.1, 0.15) is 18.9 Å². The summed E-state index contributed by atoms with van der Waals surface area (Å²) in [4.78, 5) is 8.74. The fourth-order valence-corrected chi connectivity index (χ4v) is 2.27. The van der Waals surface area contributed by atoms with Crippen molar-refractivity contribution in [3.63, 3.8) is 0 Å². The van der Waals surface area contributed by atoms with Crippen LogP contribution < -0.4 is 5.32 Å². The fourth-order valence-electron chi connectivity index (χ4n) is 1.31. The van der Waals surface area contributed by atoms with E-state index in [1.807, 2.05) is 25.4 Å². The van der Waals surface area contributed by atoms with E-state index in [9.17, 15) is 0 Å². The Kier molecular flexibility index (Phi) is 3.03. The van der Waals surface area contributed by atoms with Gasteiger partial charge in [-0.15, -0.1) is 11.3 Å². The molecule has 0 saturated carbocycles. The maximum absolute atomic E-state index is 4.64. The highest BCUT2D eigenvalue weighted by molar-refractivity contribution is 7.10. The number of pyridine rings is 1. The number of aromatic nitrogens is 2. The summed E-state index contributed by atoms with van der Waals surface area (Å²) in [6, 6.07) is 3.95. The van der Waals surface area contributed by atoms with Gasteiger partial charge in [0.1, 0.15) is 5.01 Å². The molecular formula is C12H15N3S. The molecule has 0 amide bonds. The molecule has 2 heterocycles. The highest BCUT2D eigenvalue weighted by atomic mass is 32.1. The van der Waals surface area contributed by atoms with E-state index >= 15 is 0 Å². The van der Waals surface area contributed by atoms with Crippen LogP contribution in [-0.4, -0.2) is 17.0 Å². The number of hydrogen-bond donors (Lipinski definition) is 1. The summed E-state index contributed by atoms with van der Waals surface area (Å²) in [6.45, 7) is 4.25. The van der Waals surface area contributed by atoms with Crippen molar-refractivity contribution < 1.29 is 0 Å². The van der Waals surface area contributed by atoms with Crippen LogP contribution in [0.4, 0.5) is 0 Å². The molecule has 0 aliphatic rings. The Morgan fingerprint density at radius 2 is 2.19 bits per heavy atom. The third-order valence-electron chi connectivity index (χ3n) is 2.62. The molecule has 0 bridgehead atoms. The smallest absolute Gasteiger partial charge is 0.113 e. The molecule has 0 radical (unpaired) electrons. The van der Waals surface area contributed by atoms with Crippen LogP contribution >= 0.6 is 11.3 Å². The van der Waals surface area contributed by atoms with Crippen molar-refractivity contribution in [3.8, 4) is 11.3 Å². The maximum atomic E-state index is 4.64. The molecule has 4 heteroatoms. The second kappa shape index (κ2) is 4.31. The van der Waals surface area contributed by atoms with Crippen LogP contribution in [0.2, 0.25) is 0 Å². The minimum absolute atomic E-state index is 0.0782. The van der Waals surface area contributed by atoms with Gasteiger partial charge in [0.05, 0.1) is 11.2 Å². The van der Waals surface area contributed by atoms with Crippen molar-refractivity contribution in [1.29, 1.82) is 0 Å². The topological polar surface area (TPSA) is 37.8 Å². The Balaban J connectivity index is 2.34. The number of hydrogen-bond acceptors (Lipinski definition) is 4. The Morgan fingerprint density at radius 1 is 1.38 bits per heavy atom. The normalized spacial score (nSPS) is 11.7. The molecule has 0 aliphatic carbocycles. The highest BCUT2D eigenvalue weighted by Crippen LogP contribution is 2.27.